The molecule has 0 spiro atoms. The van der Waals surface area contributed by atoms with Crippen LogP contribution in [-0.2, 0) is 11.3 Å². The van der Waals surface area contributed by atoms with Crippen LogP contribution in [0.3, 0.4) is 0 Å². The maximum Gasteiger partial charge on any atom is 0.307 e. The molecule has 4 heteroatoms. The molecule has 1 unspecified atom stereocenters. The van der Waals surface area contributed by atoms with Crippen molar-refractivity contribution in [3.63, 3.8) is 0 Å². The molecule has 0 radical (unpaired) electrons. The Morgan fingerprint density at radius 2 is 2.29 bits per heavy atom. The van der Waals surface area contributed by atoms with Gasteiger partial charge in [-0.1, -0.05) is 25.2 Å². The number of aryl methyl sites for hydroxylation is 1. The van der Waals surface area contributed by atoms with Crippen LogP contribution in [0.1, 0.15) is 26.0 Å². The third-order valence-electron chi connectivity index (χ3n) is 2.45. The summed E-state index contributed by atoms with van der Waals surface area (Å²) in [6.45, 7) is 5.95. The predicted octanol–water partition coefficient (Wildman–Crippen LogP) is 1.83. The van der Waals surface area contributed by atoms with Crippen molar-refractivity contribution in [2.45, 2.75) is 33.7 Å². The molecule has 78 valence electrons. The van der Waals surface area contributed by atoms with Gasteiger partial charge in [-0.3, -0.25) is 14.2 Å². The Morgan fingerprint density at radius 3 is 2.71 bits per heavy atom. The largest absolute Gasteiger partial charge is 0.307 e. The zero-order valence-corrected chi connectivity index (χ0v) is 9.56. The van der Waals surface area contributed by atoms with Gasteiger partial charge in [0, 0.05) is 17.0 Å². The van der Waals surface area contributed by atoms with Gasteiger partial charge in [0.25, 0.3) is 0 Å². The fraction of sp³-hybridized carbons (Fsp3) is 0.600. The summed E-state index contributed by atoms with van der Waals surface area (Å²) in [5, 5.41) is 1.78. The van der Waals surface area contributed by atoms with Crippen molar-refractivity contribution in [1.29, 1.82) is 0 Å². The minimum atomic E-state index is -0.0425. The molecule has 0 aliphatic rings. The Balaban J connectivity index is 2.79. The Bertz CT molecular complexity index is 378. The fourth-order valence-corrected chi connectivity index (χ4v) is 1.87. The van der Waals surface area contributed by atoms with Crippen molar-refractivity contribution in [2.75, 3.05) is 0 Å². The highest BCUT2D eigenvalue weighted by atomic mass is 32.1. The summed E-state index contributed by atoms with van der Waals surface area (Å²) >= 11 is 1.15. The quantitative estimate of drug-likeness (QED) is 0.765. The first-order valence-corrected chi connectivity index (χ1v) is 5.61. The van der Waals surface area contributed by atoms with E-state index in [2.05, 4.69) is 0 Å². The molecule has 1 heterocycles. The van der Waals surface area contributed by atoms with Crippen LogP contribution in [0.5, 0.6) is 0 Å². The average molecular weight is 213 g/mol. The van der Waals surface area contributed by atoms with Crippen molar-refractivity contribution < 1.29 is 4.79 Å². The smallest absolute Gasteiger partial charge is 0.297 e. The Hall–Kier alpha value is -0.900. The number of carbonyl (C=O) groups excluding carboxylic acids is 1. The van der Waals surface area contributed by atoms with E-state index < -0.39 is 0 Å². The molecular formula is C10H15NO2S. The molecule has 1 rings (SSSR count). The molecule has 0 N–H and O–H groups in total. The topological polar surface area (TPSA) is 39.1 Å². The highest BCUT2D eigenvalue weighted by molar-refractivity contribution is 7.07. The van der Waals surface area contributed by atoms with E-state index in [9.17, 15) is 9.59 Å². The lowest BCUT2D eigenvalue weighted by atomic mass is 10.0. The SMILES string of the molecule is CCC(C)C(=O)Cn1c(C)csc1=O. The van der Waals surface area contributed by atoms with E-state index >= 15 is 0 Å². The molecule has 0 aromatic carbocycles. The number of aromatic nitrogens is 1. The van der Waals surface area contributed by atoms with Crippen LogP contribution in [0, 0.1) is 12.8 Å². The number of hydrogen-bond acceptors (Lipinski definition) is 3. The Labute approximate surface area is 87.4 Å². The van der Waals surface area contributed by atoms with Crippen LogP contribution >= 0.6 is 11.3 Å². The molecule has 3 nitrogen and oxygen atoms in total. The van der Waals surface area contributed by atoms with E-state index in [1.54, 1.807) is 9.95 Å². The van der Waals surface area contributed by atoms with Crippen molar-refractivity contribution in [2.24, 2.45) is 5.92 Å². The summed E-state index contributed by atoms with van der Waals surface area (Å²) in [6.07, 6.45) is 0.830. The first kappa shape index (κ1) is 11.2. The van der Waals surface area contributed by atoms with Gasteiger partial charge in [-0.25, -0.2) is 0 Å². The van der Waals surface area contributed by atoms with Crippen LogP contribution in [0.25, 0.3) is 0 Å². The van der Waals surface area contributed by atoms with Crippen LogP contribution < -0.4 is 4.87 Å². The van der Waals surface area contributed by atoms with Crippen LogP contribution in [-0.4, -0.2) is 10.4 Å². The lowest BCUT2D eigenvalue weighted by Crippen LogP contribution is -2.24. The molecule has 0 saturated heterocycles. The lowest BCUT2D eigenvalue weighted by Gasteiger charge is -2.08. The molecule has 0 fully saturated rings. The number of hydrogen-bond donors (Lipinski definition) is 0. The van der Waals surface area contributed by atoms with E-state index in [-0.39, 0.29) is 23.1 Å². The standard InChI is InChI=1S/C10H15NO2S/c1-4-7(2)9(12)5-11-8(3)6-14-10(11)13/h6-7H,4-5H2,1-3H3. The van der Waals surface area contributed by atoms with Crippen LogP contribution in [0.4, 0.5) is 0 Å². The second kappa shape index (κ2) is 4.55. The maximum atomic E-state index is 11.6. The van der Waals surface area contributed by atoms with Crippen LogP contribution in [0.15, 0.2) is 10.2 Å². The highest BCUT2D eigenvalue weighted by Crippen LogP contribution is 2.06. The van der Waals surface area contributed by atoms with E-state index in [4.69, 9.17) is 0 Å². The highest BCUT2D eigenvalue weighted by Gasteiger charge is 2.13. The zero-order chi connectivity index (χ0) is 10.7. The third kappa shape index (κ3) is 2.32. The Morgan fingerprint density at radius 1 is 1.64 bits per heavy atom. The van der Waals surface area contributed by atoms with Gasteiger partial charge < -0.3 is 0 Å². The molecule has 0 aliphatic heterocycles. The molecule has 1 atom stereocenters. The van der Waals surface area contributed by atoms with E-state index in [0.717, 1.165) is 23.5 Å². The predicted molar refractivity (Wildman–Crippen MR) is 57.8 cm³/mol. The summed E-state index contributed by atoms with van der Waals surface area (Å²) in [4.78, 5) is 22.9. The Kier molecular flexibility index (Phi) is 3.63. The lowest BCUT2D eigenvalue weighted by molar-refractivity contribution is -0.123. The molecule has 1 aromatic rings. The number of rotatable bonds is 4. The molecule has 14 heavy (non-hydrogen) atoms. The number of thiazole rings is 1. The average Bonchev–Trinajstić information content (AvgIpc) is 2.48. The monoisotopic (exact) mass is 213 g/mol. The van der Waals surface area contributed by atoms with Gasteiger partial charge in [0.05, 0.1) is 6.54 Å². The summed E-state index contributed by atoms with van der Waals surface area (Å²) < 4.78 is 1.54. The zero-order valence-electron chi connectivity index (χ0n) is 8.74. The van der Waals surface area contributed by atoms with Crippen molar-refractivity contribution in [3.05, 3.63) is 20.7 Å². The number of Topliss-reactive ketones (excluding diaryl/α,β-unsaturated/α-hetero) is 1. The number of carbonyl (C=O) groups is 1. The second-order valence-corrected chi connectivity index (χ2v) is 4.33. The van der Waals surface area contributed by atoms with Crippen LogP contribution in [0.2, 0.25) is 0 Å². The summed E-state index contributed by atoms with van der Waals surface area (Å²) in [5.41, 5.74) is 0.872. The fourth-order valence-electron chi connectivity index (χ4n) is 1.14. The number of ketones is 1. The van der Waals surface area contributed by atoms with E-state index in [0.29, 0.717) is 0 Å². The van der Waals surface area contributed by atoms with Crippen molar-refractivity contribution in [1.82, 2.24) is 4.57 Å². The van der Waals surface area contributed by atoms with Crippen molar-refractivity contribution in [3.8, 4) is 0 Å². The summed E-state index contributed by atoms with van der Waals surface area (Å²) in [5.74, 6) is 0.178. The van der Waals surface area contributed by atoms with Gasteiger partial charge in [0.1, 0.15) is 0 Å². The van der Waals surface area contributed by atoms with Gasteiger partial charge in [-0.15, -0.1) is 0 Å². The molecule has 0 saturated carbocycles. The first-order chi connectivity index (χ1) is 6.56. The summed E-state index contributed by atoms with van der Waals surface area (Å²) in [7, 11) is 0. The normalized spacial score (nSPS) is 12.8. The maximum absolute atomic E-state index is 11.6. The molecule has 0 aliphatic carbocycles. The minimum Gasteiger partial charge on any atom is -0.297 e. The molecule has 1 aromatic heterocycles. The summed E-state index contributed by atoms with van der Waals surface area (Å²) in [6, 6.07) is 0. The van der Waals surface area contributed by atoms with Gasteiger partial charge in [0.15, 0.2) is 5.78 Å². The number of nitrogens with zero attached hydrogens (tertiary/aromatic N) is 1. The van der Waals surface area contributed by atoms with E-state index in [1.165, 1.54) is 0 Å². The first-order valence-electron chi connectivity index (χ1n) is 4.74. The second-order valence-electron chi connectivity index (χ2n) is 3.50. The van der Waals surface area contributed by atoms with Gasteiger partial charge in [-0.2, -0.15) is 0 Å². The molecular weight excluding hydrogens is 198 g/mol. The molecule has 0 bridgehead atoms. The van der Waals surface area contributed by atoms with Gasteiger partial charge in [-0.05, 0) is 13.3 Å². The molecule has 0 amide bonds. The van der Waals surface area contributed by atoms with E-state index in [1.807, 2.05) is 20.8 Å². The van der Waals surface area contributed by atoms with Crippen molar-refractivity contribution >= 4 is 17.1 Å². The van der Waals surface area contributed by atoms with Gasteiger partial charge in [0.2, 0.25) is 0 Å². The minimum absolute atomic E-state index is 0.0425. The van der Waals surface area contributed by atoms with Gasteiger partial charge >= 0.3 is 4.87 Å². The third-order valence-corrected chi connectivity index (χ3v) is 3.33.